The second-order valence-corrected chi connectivity index (χ2v) is 6.86. The Morgan fingerprint density at radius 1 is 1.16 bits per heavy atom. The van der Waals surface area contributed by atoms with Crippen molar-refractivity contribution in [2.24, 2.45) is 0 Å². The van der Waals surface area contributed by atoms with Gasteiger partial charge < -0.3 is 19.7 Å². The summed E-state index contributed by atoms with van der Waals surface area (Å²) in [5.41, 5.74) is 2.09. The fraction of sp³-hybridized carbons (Fsp3) is 0.632. The number of urea groups is 1. The first-order chi connectivity index (χ1) is 12.1. The summed E-state index contributed by atoms with van der Waals surface area (Å²) < 4.78 is 11.0. The highest BCUT2D eigenvalue weighted by Gasteiger charge is 2.21. The van der Waals surface area contributed by atoms with Crippen molar-refractivity contribution in [2.45, 2.75) is 32.4 Å². The number of hydrogen-bond donors (Lipinski definition) is 1. The first kappa shape index (κ1) is 18.2. The molecule has 2 amide bonds. The number of ether oxygens (including phenoxy) is 2. The van der Waals surface area contributed by atoms with Crippen molar-refractivity contribution in [1.29, 1.82) is 0 Å². The zero-order valence-electron chi connectivity index (χ0n) is 15.2. The minimum atomic E-state index is -0.0497. The van der Waals surface area contributed by atoms with Crippen LogP contribution in [0.1, 0.15) is 31.9 Å². The van der Waals surface area contributed by atoms with E-state index in [1.54, 1.807) is 0 Å². The van der Waals surface area contributed by atoms with E-state index in [4.69, 9.17) is 9.47 Å². The first-order valence-corrected chi connectivity index (χ1v) is 9.23. The molecule has 0 unspecified atom stereocenters. The number of anilines is 1. The summed E-state index contributed by atoms with van der Waals surface area (Å²) in [5, 5.41) is 3.00. The molecule has 138 valence electrons. The van der Waals surface area contributed by atoms with Gasteiger partial charge in [-0.1, -0.05) is 12.1 Å². The van der Waals surface area contributed by atoms with Crippen LogP contribution in [0.2, 0.25) is 0 Å². The van der Waals surface area contributed by atoms with Crippen molar-refractivity contribution >= 4 is 11.7 Å². The molecule has 0 aromatic heterocycles. The van der Waals surface area contributed by atoms with Gasteiger partial charge in [0.15, 0.2) is 0 Å². The van der Waals surface area contributed by atoms with Gasteiger partial charge in [0, 0.05) is 44.5 Å². The van der Waals surface area contributed by atoms with Gasteiger partial charge in [-0.25, -0.2) is 4.79 Å². The van der Waals surface area contributed by atoms with Crippen LogP contribution in [-0.2, 0) is 9.47 Å². The molecule has 2 atom stereocenters. The Morgan fingerprint density at radius 2 is 1.88 bits per heavy atom. The van der Waals surface area contributed by atoms with Crippen molar-refractivity contribution in [3.63, 3.8) is 0 Å². The van der Waals surface area contributed by atoms with Crippen LogP contribution >= 0.6 is 0 Å². The molecule has 6 nitrogen and oxygen atoms in total. The van der Waals surface area contributed by atoms with Crippen molar-refractivity contribution in [1.82, 2.24) is 9.80 Å². The monoisotopic (exact) mass is 347 g/mol. The SMILES string of the molecule is C[C@H](c1ccc(NC(=O)N2CCCO[C@@H](C)C2)cc1)N1CCOCC1. The van der Waals surface area contributed by atoms with E-state index in [0.717, 1.165) is 51.6 Å². The summed E-state index contributed by atoms with van der Waals surface area (Å²) in [6.07, 6.45) is 0.971. The Labute approximate surface area is 150 Å². The number of benzene rings is 1. The summed E-state index contributed by atoms with van der Waals surface area (Å²) in [7, 11) is 0. The number of carbonyl (C=O) groups excluding carboxylic acids is 1. The third-order valence-electron chi connectivity index (χ3n) is 4.98. The van der Waals surface area contributed by atoms with Gasteiger partial charge in [-0.2, -0.15) is 0 Å². The smallest absolute Gasteiger partial charge is 0.321 e. The summed E-state index contributed by atoms with van der Waals surface area (Å²) in [6, 6.07) is 8.49. The lowest BCUT2D eigenvalue weighted by molar-refractivity contribution is 0.0198. The summed E-state index contributed by atoms with van der Waals surface area (Å²) in [4.78, 5) is 16.7. The Balaban J connectivity index is 1.57. The highest BCUT2D eigenvalue weighted by molar-refractivity contribution is 5.89. The predicted octanol–water partition coefficient (Wildman–Crippen LogP) is 2.72. The maximum absolute atomic E-state index is 12.5. The van der Waals surface area contributed by atoms with Crippen molar-refractivity contribution in [3.8, 4) is 0 Å². The lowest BCUT2D eigenvalue weighted by Gasteiger charge is -2.32. The van der Waals surface area contributed by atoms with Crippen molar-refractivity contribution in [2.75, 3.05) is 51.3 Å². The Hall–Kier alpha value is -1.63. The maximum atomic E-state index is 12.5. The number of morpholine rings is 1. The highest BCUT2D eigenvalue weighted by Crippen LogP contribution is 2.23. The van der Waals surface area contributed by atoms with Crippen LogP contribution in [0.5, 0.6) is 0 Å². The standard InChI is InChI=1S/C19H29N3O3/c1-15-14-22(8-3-11-25-15)19(23)20-18-6-4-17(5-7-18)16(2)21-9-12-24-13-10-21/h4-7,15-16H,3,8-14H2,1-2H3,(H,20,23)/t15-,16+/m0/s1. The molecule has 2 aliphatic heterocycles. The van der Waals surface area contributed by atoms with Gasteiger partial charge in [0.1, 0.15) is 0 Å². The third-order valence-corrected chi connectivity index (χ3v) is 4.98. The molecule has 25 heavy (non-hydrogen) atoms. The molecule has 1 N–H and O–H groups in total. The minimum absolute atomic E-state index is 0.0497. The van der Waals surface area contributed by atoms with E-state index in [9.17, 15) is 4.79 Å². The average Bonchev–Trinajstić information content (AvgIpc) is 2.87. The van der Waals surface area contributed by atoms with Gasteiger partial charge in [0.2, 0.25) is 0 Å². The van der Waals surface area contributed by atoms with Crippen LogP contribution in [0.15, 0.2) is 24.3 Å². The third kappa shape index (κ3) is 4.93. The molecule has 0 saturated carbocycles. The van der Waals surface area contributed by atoms with E-state index in [2.05, 4.69) is 29.3 Å². The number of amides is 2. The molecule has 1 aromatic carbocycles. The Kier molecular flexibility index (Phi) is 6.29. The van der Waals surface area contributed by atoms with Gasteiger partial charge in [0.25, 0.3) is 0 Å². The molecule has 1 aromatic rings. The predicted molar refractivity (Wildman–Crippen MR) is 97.9 cm³/mol. The molecule has 2 saturated heterocycles. The minimum Gasteiger partial charge on any atom is -0.379 e. The first-order valence-electron chi connectivity index (χ1n) is 9.23. The zero-order valence-corrected chi connectivity index (χ0v) is 15.2. The number of nitrogens with one attached hydrogen (secondary N) is 1. The molecule has 6 heteroatoms. The van der Waals surface area contributed by atoms with E-state index >= 15 is 0 Å². The molecular formula is C19H29N3O3. The molecule has 3 rings (SSSR count). The molecule has 0 bridgehead atoms. The largest absolute Gasteiger partial charge is 0.379 e. The second-order valence-electron chi connectivity index (χ2n) is 6.86. The molecule has 0 aliphatic carbocycles. The normalized spacial score (nSPS) is 23.8. The van der Waals surface area contributed by atoms with Crippen molar-refractivity contribution < 1.29 is 14.3 Å². The lowest BCUT2D eigenvalue weighted by atomic mass is 10.1. The van der Waals surface area contributed by atoms with Gasteiger partial charge in [-0.05, 0) is 38.0 Å². The summed E-state index contributed by atoms with van der Waals surface area (Å²) in [6.45, 7) is 9.86. The average molecular weight is 347 g/mol. The van der Waals surface area contributed by atoms with E-state index < -0.39 is 0 Å². The topological polar surface area (TPSA) is 54.0 Å². The van der Waals surface area contributed by atoms with Crippen molar-refractivity contribution in [3.05, 3.63) is 29.8 Å². The van der Waals surface area contributed by atoms with Crippen LogP contribution in [0.25, 0.3) is 0 Å². The highest BCUT2D eigenvalue weighted by atomic mass is 16.5. The Morgan fingerprint density at radius 3 is 2.60 bits per heavy atom. The van der Waals surface area contributed by atoms with E-state index in [1.807, 2.05) is 24.0 Å². The van der Waals surface area contributed by atoms with Crippen LogP contribution in [-0.4, -0.2) is 67.9 Å². The molecule has 0 radical (unpaired) electrons. The fourth-order valence-corrected chi connectivity index (χ4v) is 3.40. The fourth-order valence-electron chi connectivity index (χ4n) is 3.40. The molecular weight excluding hydrogens is 318 g/mol. The quantitative estimate of drug-likeness (QED) is 0.913. The van der Waals surface area contributed by atoms with Gasteiger partial charge >= 0.3 is 6.03 Å². The number of nitrogens with zero attached hydrogens (tertiary/aromatic N) is 2. The number of carbonyl (C=O) groups is 1. The number of hydrogen-bond acceptors (Lipinski definition) is 4. The second kappa shape index (κ2) is 8.65. The summed E-state index contributed by atoms with van der Waals surface area (Å²) in [5.74, 6) is 0. The van der Waals surface area contributed by atoms with Gasteiger partial charge in [0.05, 0.1) is 19.3 Å². The van der Waals surface area contributed by atoms with E-state index in [1.165, 1.54) is 5.56 Å². The van der Waals surface area contributed by atoms with Crippen LogP contribution in [0.3, 0.4) is 0 Å². The van der Waals surface area contributed by atoms with Crippen LogP contribution in [0.4, 0.5) is 10.5 Å². The summed E-state index contributed by atoms with van der Waals surface area (Å²) >= 11 is 0. The van der Waals surface area contributed by atoms with E-state index in [0.29, 0.717) is 12.6 Å². The van der Waals surface area contributed by atoms with E-state index in [-0.39, 0.29) is 12.1 Å². The zero-order chi connectivity index (χ0) is 17.6. The molecule has 2 heterocycles. The number of rotatable bonds is 3. The van der Waals surface area contributed by atoms with Gasteiger partial charge in [-0.3, -0.25) is 4.90 Å². The lowest BCUT2D eigenvalue weighted by Crippen LogP contribution is -2.39. The Bertz CT molecular complexity index is 558. The molecule has 2 fully saturated rings. The van der Waals surface area contributed by atoms with Crippen LogP contribution in [0, 0.1) is 0 Å². The maximum Gasteiger partial charge on any atom is 0.321 e. The van der Waals surface area contributed by atoms with Crippen LogP contribution < -0.4 is 5.32 Å². The molecule has 0 spiro atoms. The van der Waals surface area contributed by atoms with Gasteiger partial charge in [-0.15, -0.1) is 0 Å². The molecule has 2 aliphatic rings.